The first-order chi connectivity index (χ1) is 22.8. The number of hydrogen-bond acceptors (Lipinski definition) is 9. The summed E-state index contributed by atoms with van der Waals surface area (Å²) in [5, 5.41) is 22.3. The van der Waals surface area contributed by atoms with Crippen LogP contribution in [-0.2, 0) is 16.1 Å². The second-order valence-electron chi connectivity index (χ2n) is 10.5. The molecule has 11 nitrogen and oxygen atoms in total. The lowest BCUT2D eigenvalue weighted by Gasteiger charge is -2.28. The molecule has 4 aromatic rings. The summed E-state index contributed by atoms with van der Waals surface area (Å²) < 4.78 is 23.4. The minimum absolute atomic E-state index is 0.141. The van der Waals surface area contributed by atoms with Crippen molar-refractivity contribution in [3.8, 4) is 17.2 Å². The molecule has 0 saturated heterocycles. The molecular weight excluding hydrogens is 668 g/mol. The van der Waals surface area contributed by atoms with E-state index in [1.165, 1.54) is 12.5 Å². The highest BCUT2D eigenvalue weighted by molar-refractivity contribution is 9.10. The second kappa shape index (κ2) is 15.5. The van der Waals surface area contributed by atoms with Crippen molar-refractivity contribution in [2.24, 2.45) is 5.10 Å². The maximum atomic E-state index is 12.5. The topological polar surface area (TPSA) is 140 Å². The number of esters is 1. The van der Waals surface area contributed by atoms with Gasteiger partial charge in [0.05, 0.1) is 36.0 Å². The number of rotatable bonds is 13. The van der Waals surface area contributed by atoms with Crippen molar-refractivity contribution in [1.29, 1.82) is 0 Å². The summed E-state index contributed by atoms with van der Waals surface area (Å²) >= 11 is 3.57. The molecule has 0 bridgehead atoms. The Balaban J connectivity index is 1.17. The lowest BCUT2D eigenvalue weighted by Crippen LogP contribution is -2.45. The third-order valence-electron chi connectivity index (χ3n) is 7.33. The van der Waals surface area contributed by atoms with E-state index in [0.29, 0.717) is 41.7 Å². The number of urea groups is 1. The highest BCUT2D eigenvalue weighted by Gasteiger charge is 2.32. The molecule has 0 radical (unpaired) electrons. The average Bonchev–Trinajstić information content (AvgIpc) is 3.06. The Kier molecular flexibility index (Phi) is 11.0. The first-order valence-corrected chi connectivity index (χ1v) is 15.7. The molecule has 1 heterocycles. The van der Waals surface area contributed by atoms with Crippen LogP contribution in [0.5, 0.6) is 17.2 Å². The smallest absolute Gasteiger partial charge is 0.337 e. The van der Waals surface area contributed by atoms with Crippen LogP contribution in [-0.4, -0.2) is 49.9 Å². The van der Waals surface area contributed by atoms with E-state index in [2.05, 4.69) is 61.4 Å². The molecule has 0 saturated carbocycles. The van der Waals surface area contributed by atoms with Gasteiger partial charge in [0.1, 0.15) is 19.0 Å². The molecule has 4 aromatic carbocycles. The number of allylic oxidation sites excluding steroid dienone is 1. The van der Waals surface area contributed by atoms with Gasteiger partial charge in [-0.25, -0.2) is 9.59 Å². The maximum Gasteiger partial charge on any atom is 0.337 e. The highest BCUT2D eigenvalue weighted by Crippen LogP contribution is 2.35. The van der Waals surface area contributed by atoms with Gasteiger partial charge in [-0.3, -0.25) is 5.43 Å². The summed E-state index contributed by atoms with van der Waals surface area (Å²) in [7, 11) is 1.28. The minimum atomic E-state index is -1.13. The fourth-order valence-electron chi connectivity index (χ4n) is 5.11. The van der Waals surface area contributed by atoms with E-state index in [4.69, 9.17) is 18.9 Å². The number of hydrogen-bond donors (Lipinski definition) is 4. The van der Waals surface area contributed by atoms with Crippen molar-refractivity contribution < 1.29 is 33.6 Å². The van der Waals surface area contributed by atoms with Gasteiger partial charge in [0.25, 0.3) is 0 Å². The second-order valence-corrected chi connectivity index (χ2v) is 11.4. The number of amides is 2. The molecule has 0 aliphatic carbocycles. The third-order valence-corrected chi connectivity index (χ3v) is 7.95. The van der Waals surface area contributed by atoms with E-state index in [1.807, 2.05) is 43.3 Å². The molecule has 0 fully saturated rings. The lowest BCUT2D eigenvalue weighted by molar-refractivity contribution is -0.136. The molecule has 5 rings (SSSR count). The number of aliphatic hydroxyl groups is 1. The van der Waals surface area contributed by atoms with E-state index in [0.717, 1.165) is 21.0 Å². The van der Waals surface area contributed by atoms with Gasteiger partial charge in [0.2, 0.25) is 0 Å². The summed E-state index contributed by atoms with van der Waals surface area (Å²) in [4.78, 5) is 24.6. The minimum Gasteiger partial charge on any atom is -0.490 e. The molecule has 1 aliphatic rings. The SMILES string of the molecule is CCOc1cc([C@H]2NC(=O)NC(C)=C2C(=O)OC)ccc1OC[C@H](O)N/N=C\c1ccc(OCc2cccc3ccccc23)c(Br)c1. The van der Waals surface area contributed by atoms with E-state index in [1.54, 1.807) is 31.3 Å². The van der Waals surface area contributed by atoms with Crippen LogP contribution in [0.1, 0.15) is 36.6 Å². The largest absolute Gasteiger partial charge is 0.490 e. The molecule has 1 aliphatic heterocycles. The number of benzene rings is 4. The quantitative estimate of drug-likeness (QED) is 0.0602. The number of hydrazone groups is 1. The number of methoxy groups -OCH3 is 1. The van der Waals surface area contributed by atoms with Crippen LogP contribution in [0.25, 0.3) is 10.8 Å². The van der Waals surface area contributed by atoms with Crippen molar-refractivity contribution >= 4 is 44.9 Å². The molecule has 0 spiro atoms. The zero-order valence-corrected chi connectivity index (χ0v) is 27.7. The summed E-state index contributed by atoms with van der Waals surface area (Å²) in [6.07, 6.45) is 0.442. The fraction of sp³-hybridized carbons (Fsp3) is 0.229. The number of halogens is 1. The van der Waals surface area contributed by atoms with Gasteiger partial charge in [-0.2, -0.15) is 5.10 Å². The van der Waals surface area contributed by atoms with Crippen LogP contribution >= 0.6 is 15.9 Å². The predicted octanol–water partition coefficient (Wildman–Crippen LogP) is 5.70. The highest BCUT2D eigenvalue weighted by atomic mass is 79.9. The molecule has 0 unspecified atom stereocenters. The Morgan fingerprint density at radius 1 is 1.02 bits per heavy atom. The van der Waals surface area contributed by atoms with Gasteiger partial charge in [-0.05, 0) is 87.6 Å². The zero-order chi connectivity index (χ0) is 33.3. The molecular formula is C35H35BrN4O7. The van der Waals surface area contributed by atoms with Crippen molar-refractivity contribution in [1.82, 2.24) is 16.1 Å². The molecule has 12 heteroatoms. The van der Waals surface area contributed by atoms with Gasteiger partial charge < -0.3 is 34.7 Å². The standard InChI is InChI=1S/C35H35BrN4O7/c1-4-45-30-17-24(33-32(34(42)44-3)21(2)38-35(43)39-33)13-15-29(30)47-20-31(41)40-37-18-22-12-14-28(27(36)16-22)46-19-25-10-7-9-23-8-5-6-11-26(23)25/h5-18,31,33,40-41H,4,19-20H2,1-3H3,(H2,38,39,43)/b37-18-/t31-,33+/m0/s1. The lowest BCUT2D eigenvalue weighted by atomic mass is 9.95. The van der Waals surface area contributed by atoms with E-state index in [9.17, 15) is 14.7 Å². The first kappa shape index (κ1) is 33.3. The zero-order valence-electron chi connectivity index (χ0n) is 26.1. The molecule has 2 atom stereocenters. The number of carbonyl (C=O) groups excluding carboxylic acids is 2. The molecule has 47 heavy (non-hydrogen) atoms. The Hall–Kier alpha value is -5.07. The predicted molar refractivity (Wildman–Crippen MR) is 181 cm³/mol. The van der Waals surface area contributed by atoms with Gasteiger partial charge >= 0.3 is 12.0 Å². The van der Waals surface area contributed by atoms with Crippen LogP contribution < -0.4 is 30.3 Å². The Morgan fingerprint density at radius 3 is 2.60 bits per heavy atom. The number of carbonyl (C=O) groups is 2. The summed E-state index contributed by atoms with van der Waals surface area (Å²) in [5.74, 6) is 0.872. The summed E-state index contributed by atoms with van der Waals surface area (Å²) in [6.45, 7) is 4.07. The number of fused-ring (bicyclic) bond motifs is 1. The van der Waals surface area contributed by atoms with Crippen LogP contribution in [0.4, 0.5) is 4.79 Å². The summed E-state index contributed by atoms with van der Waals surface area (Å²) in [5.41, 5.74) is 5.79. The van der Waals surface area contributed by atoms with Crippen LogP contribution in [0.2, 0.25) is 0 Å². The van der Waals surface area contributed by atoms with Crippen LogP contribution in [0.3, 0.4) is 0 Å². The Bertz CT molecular complexity index is 1820. The monoisotopic (exact) mass is 702 g/mol. The van der Waals surface area contributed by atoms with Gasteiger partial charge in [0.15, 0.2) is 17.7 Å². The van der Waals surface area contributed by atoms with E-state index in [-0.39, 0.29) is 12.2 Å². The van der Waals surface area contributed by atoms with Crippen LogP contribution in [0.15, 0.2) is 99.7 Å². The van der Waals surface area contributed by atoms with Crippen molar-refractivity contribution in [2.45, 2.75) is 32.7 Å². The van der Waals surface area contributed by atoms with Crippen molar-refractivity contribution in [3.05, 3.63) is 111 Å². The number of aliphatic hydroxyl groups excluding tert-OH is 1. The first-order valence-electron chi connectivity index (χ1n) is 14.9. The van der Waals surface area contributed by atoms with Crippen molar-refractivity contribution in [3.63, 3.8) is 0 Å². The third kappa shape index (κ3) is 8.21. The molecule has 4 N–H and O–H groups in total. The van der Waals surface area contributed by atoms with Crippen molar-refractivity contribution in [2.75, 3.05) is 20.3 Å². The number of nitrogens with one attached hydrogen (secondary N) is 3. The average molecular weight is 704 g/mol. The number of ether oxygens (including phenoxy) is 4. The van der Waals surface area contributed by atoms with E-state index < -0.39 is 24.3 Å². The molecule has 0 aromatic heterocycles. The maximum absolute atomic E-state index is 12.5. The normalized spacial score (nSPS) is 15.2. The van der Waals surface area contributed by atoms with E-state index >= 15 is 0 Å². The molecule has 244 valence electrons. The Morgan fingerprint density at radius 2 is 1.81 bits per heavy atom. The van der Waals surface area contributed by atoms with Crippen LogP contribution in [0, 0.1) is 0 Å². The fourth-order valence-corrected chi connectivity index (χ4v) is 5.62. The Labute approximate surface area is 280 Å². The summed E-state index contributed by atoms with van der Waals surface area (Å²) in [6, 6.07) is 23.8. The molecule has 2 amide bonds. The van der Waals surface area contributed by atoms with Gasteiger partial charge in [-0.15, -0.1) is 0 Å². The number of nitrogens with zero attached hydrogens (tertiary/aromatic N) is 1. The van der Waals surface area contributed by atoms with Gasteiger partial charge in [0, 0.05) is 5.70 Å². The van der Waals surface area contributed by atoms with Gasteiger partial charge in [-0.1, -0.05) is 48.5 Å².